The van der Waals surface area contributed by atoms with Crippen LogP contribution in [0.2, 0.25) is 0 Å². The summed E-state index contributed by atoms with van der Waals surface area (Å²) in [6.45, 7) is 5.42. The number of methoxy groups -OCH3 is 1. The van der Waals surface area contributed by atoms with Gasteiger partial charge in [0.2, 0.25) is 0 Å². The number of rotatable bonds is 3. The highest BCUT2D eigenvalue weighted by Crippen LogP contribution is 2.27. The molecule has 0 fully saturated rings. The first-order chi connectivity index (χ1) is 7.78. The summed E-state index contributed by atoms with van der Waals surface area (Å²) in [5.41, 5.74) is 4.22. The summed E-state index contributed by atoms with van der Waals surface area (Å²) in [7, 11) is 1.76. The van der Waals surface area contributed by atoms with Gasteiger partial charge in [0.15, 0.2) is 0 Å². The smallest absolute Gasteiger partial charge is 0.122 e. The normalized spacial score (nSPS) is 19.3. The molecule has 0 spiro atoms. The fraction of sp³-hybridized carbons (Fsp3) is 0.571. The molecule has 88 valence electrons. The molecule has 0 aromatic heterocycles. The van der Waals surface area contributed by atoms with Crippen molar-refractivity contribution >= 4 is 0 Å². The van der Waals surface area contributed by atoms with Crippen molar-refractivity contribution in [2.24, 2.45) is 0 Å². The molecule has 0 saturated heterocycles. The molecule has 0 saturated carbocycles. The van der Waals surface area contributed by atoms with E-state index in [1.807, 2.05) is 0 Å². The predicted octanol–water partition coefficient (Wildman–Crippen LogP) is 2.68. The summed E-state index contributed by atoms with van der Waals surface area (Å²) in [5, 5.41) is 3.57. The Morgan fingerprint density at radius 3 is 2.75 bits per heavy atom. The van der Waals surface area contributed by atoms with Crippen LogP contribution in [0.25, 0.3) is 0 Å². The number of ether oxygens (including phenoxy) is 1. The van der Waals surface area contributed by atoms with E-state index in [2.05, 4.69) is 31.3 Å². The van der Waals surface area contributed by atoms with Crippen molar-refractivity contribution in [2.45, 2.75) is 45.7 Å². The van der Waals surface area contributed by atoms with Crippen LogP contribution in [0, 0.1) is 0 Å². The third-order valence-corrected chi connectivity index (χ3v) is 3.52. The van der Waals surface area contributed by atoms with Crippen molar-refractivity contribution in [3.05, 3.63) is 28.8 Å². The first-order valence-corrected chi connectivity index (χ1v) is 6.20. The van der Waals surface area contributed by atoms with Gasteiger partial charge >= 0.3 is 0 Å². The highest BCUT2D eigenvalue weighted by atomic mass is 16.5. The molecule has 1 aliphatic heterocycles. The van der Waals surface area contributed by atoms with Crippen LogP contribution in [0.4, 0.5) is 0 Å². The van der Waals surface area contributed by atoms with E-state index in [0.717, 1.165) is 25.1 Å². The molecule has 1 unspecified atom stereocenters. The lowest BCUT2D eigenvalue weighted by Gasteiger charge is -2.26. The molecule has 0 amide bonds. The first-order valence-electron chi connectivity index (χ1n) is 6.20. The van der Waals surface area contributed by atoms with E-state index in [0.29, 0.717) is 6.04 Å². The Bertz CT molecular complexity index is 373. The average molecular weight is 219 g/mol. The monoisotopic (exact) mass is 219 g/mol. The zero-order valence-corrected chi connectivity index (χ0v) is 10.5. The van der Waals surface area contributed by atoms with Crippen molar-refractivity contribution in [1.29, 1.82) is 0 Å². The first kappa shape index (κ1) is 11.5. The van der Waals surface area contributed by atoms with Crippen LogP contribution in [0.3, 0.4) is 0 Å². The van der Waals surface area contributed by atoms with Gasteiger partial charge in [0.25, 0.3) is 0 Å². The molecule has 2 rings (SSSR count). The van der Waals surface area contributed by atoms with Crippen molar-refractivity contribution in [1.82, 2.24) is 5.32 Å². The molecule has 1 atom stereocenters. The fourth-order valence-electron chi connectivity index (χ4n) is 2.42. The molecule has 0 bridgehead atoms. The molecular weight excluding hydrogens is 198 g/mol. The lowest BCUT2D eigenvalue weighted by Crippen LogP contribution is -2.34. The number of hydrogen-bond acceptors (Lipinski definition) is 2. The van der Waals surface area contributed by atoms with Gasteiger partial charge in [0.1, 0.15) is 5.75 Å². The van der Waals surface area contributed by atoms with Crippen molar-refractivity contribution in [3.8, 4) is 5.75 Å². The van der Waals surface area contributed by atoms with E-state index in [1.54, 1.807) is 7.11 Å². The summed E-state index contributed by atoms with van der Waals surface area (Å²) < 4.78 is 5.45. The Kier molecular flexibility index (Phi) is 3.49. The molecule has 1 aliphatic rings. The highest BCUT2D eigenvalue weighted by molar-refractivity contribution is 5.44. The standard InChI is InChI=1S/C14H21NO/c1-4-10-6-12-9-15-13(5-2)7-11(12)8-14(10)16-3/h6,8,13,15H,4-5,7,9H2,1-3H3. The molecule has 1 heterocycles. The minimum atomic E-state index is 0.629. The van der Waals surface area contributed by atoms with E-state index in [9.17, 15) is 0 Å². The summed E-state index contributed by atoms with van der Waals surface area (Å²) in [6.07, 6.45) is 3.36. The zero-order chi connectivity index (χ0) is 11.5. The van der Waals surface area contributed by atoms with Crippen molar-refractivity contribution in [3.63, 3.8) is 0 Å². The molecule has 2 heteroatoms. The van der Waals surface area contributed by atoms with E-state index in [-0.39, 0.29) is 0 Å². The van der Waals surface area contributed by atoms with Gasteiger partial charge in [-0.25, -0.2) is 0 Å². The van der Waals surface area contributed by atoms with Crippen LogP contribution in [-0.2, 0) is 19.4 Å². The quantitative estimate of drug-likeness (QED) is 0.844. The van der Waals surface area contributed by atoms with Gasteiger partial charge in [-0.2, -0.15) is 0 Å². The average Bonchev–Trinajstić information content (AvgIpc) is 2.36. The molecule has 1 aromatic carbocycles. The van der Waals surface area contributed by atoms with Crippen molar-refractivity contribution in [2.75, 3.05) is 7.11 Å². The lowest BCUT2D eigenvalue weighted by atomic mass is 9.92. The topological polar surface area (TPSA) is 21.3 Å². The largest absolute Gasteiger partial charge is 0.496 e. The van der Waals surface area contributed by atoms with E-state index in [1.165, 1.54) is 23.1 Å². The van der Waals surface area contributed by atoms with Crippen LogP contribution in [-0.4, -0.2) is 13.2 Å². The van der Waals surface area contributed by atoms with Gasteiger partial charge in [-0.05, 0) is 42.0 Å². The van der Waals surface area contributed by atoms with Gasteiger partial charge in [-0.1, -0.05) is 19.9 Å². The maximum Gasteiger partial charge on any atom is 0.122 e. The van der Waals surface area contributed by atoms with Gasteiger partial charge in [-0.3, -0.25) is 0 Å². The molecule has 16 heavy (non-hydrogen) atoms. The van der Waals surface area contributed by atoms with Gasteiger partial charge in [0.05, 0.1) is 7.11 Å². The summed E-state index contributed by atoms with van der Waals surface area (Å²) >= 11 is 0. The molecule has 0 aliphatic carbocycles. The predicted molar refractivity (Wildman–Crippen MR) is 67.0 cm³/mol. The van der Waals surface area contributed by atoms with E-state index in [4.69, 9.17) is 4.74 Å². The van der Waals surface area contributed by atoms with Crippen LogP contribution >= 0.6 is 0 Å². The summed E-state index contributed by atoms with van der Waals surface area (Å²) in [6, 6.07) is 5.16. The molecule has 2 nitrogen and oxygen atoms in total. The van der Waals surface area contributed by atoms with Crippen molar-refractivity contribution < 1.29 is 4.74 Å². The van der Waals surface area contributed by atoms with Crippen LogP contribution in [0.15, 0.2) is 12.1 Å². The van der Waals surface area contributed by atoms with Crippen LogP contribution < -0.4 is 10.1 Å². The molecule has 1 N–H and O–H groups in total. The molecular formula is C14H21NO. The maximum atomic E-state index is 5.45. The van der Waals surface area contributed by atoms with E-state index < -0.39 is 0 Å². The van der Waals surface area contributed by atoms with E-state index >= 15 is 0 Å². The number of aryl methyl sites for hydroxylation is 1. The Morgan fingerprint density at radius 1 is 1.31 bits per heavy atom. The number of benzene rings is 1. The second-order valence-corrected chi connectivity index (χ2v) is 4.48. The second-order valence-electron chi connectivity index (χ2n) is 4.48. The second kappa shape index (κ2) is 4.88. The summed E-state index contributed by atoms with van der Waals surface area (Å²) in [4.78, 5) is 0. The Hall–Kier alpha value is -1.02. The molecule has 1 aromatic rings. The Morgan fingerprint density at radius 2 is 2.12 bits per heavy atom. The van der Waals surface area contributed by atoms with Gasteiger partial charge in [-0.15, -0.1) is 0 Å². The number of fused-ring (bicyclic) bond motifs is 1. The molecule has 0 radical (unpaired) electrons. The van der Waals surface area contributed by atoms with Gasteiger partial charge in [0, 0.05) is 12.6 Å². The van der Waals surface area contributed by atoms with Crippen LogP contribution in [0.5, 0.6) is 5.75 Å². The minimum Gasteiger partial charge on any atom is -0.496 e. The Balaban J connectivity index is 2.34. The van der Waals surface area contributed by atoms with Gasteiger partial charge < -0.3 is 10.1 Å². The number of hydrogen-bond donors (Lipinski definition) is 1. The zero-order valence-electron chi connectivity index (χ0n) is 10.5. The Labute approximate surface area is 98.0 Å². The lowest BCUT2D eigenvalue weighted by molar-refractivity contribution is 0.406. The van der Waals surface area contributed by atoms with Crippen LogP contribution in [0.1, 0.15) is 37.0 Å². The minimum absolute atomic E-state index is 0.629. The fourth-order valence-corrected chi connectivity index (χ4v) is 2.42. The third kappa shape index (κ3) is 2.07. The maximum absolute atomic E-state index is 5.45. The highest BCUT2D eigenvalue weighted by Gasteiger charge is 2.18. The SMILES string of the molecule is CCc1cc2c(cc1OC)CC(CC)NC2. The third-order valence-electron chi connectivity index (χ3n) is 3.52. The number of nitrogens with one attached hydrogen (secondary N) is 1. The summed E-state index contributed by atoms with van der Waals surface area (Å²) in [5.74, 6) is 1.05.